The second-order valence-corrected chi connectivity index (χ2v) is 4.71. The van der Waals surface area contributed by atoms with Crippen LogP contribution in [-0.2, 0) is 0 Å². The maximum atomic E-state index is 12.7. The Kier molecular flexibility index (Phi) is 3.14. The van der Waals surface area contributed by atoms with E-state index in [0.717, 1.165) is 10.9 Å². The Labute approximate surface area is 103 Å². The van der Waals surface area contributed by atoms with Gasteiger partial charge >= 0.3 is 0 Å². The normalized spacial score (nSPS) is 12.3. The van der Waals surface area contributed by atoms with Crippen LogP contribution in [0.4, 0.5) is 14.6 Å². The van der Waals surface area contributed by atoms with Gasteiger partial charge in [0, 0.05) is 5.54 Å². The van der Waals surface area contributed by atoms with Gasteiger partial charge < -0.3 is 5.32 Å². The molecular formula is C11H15F2N5. The molecule has 0 saturated carbocycles. The van der Waals surface area contributed by atoms with E-state index in [2.05, 4.69) is 20.6 Å². The number of halogens is 2. The van der Waals surface area contributed by atoms with Crippen LogP contribution >= 0.6 is 0 Å². The van der Waals surface area contributed by atoms with Crippen molar-refractivity contribution in [2.75, 3.05) is 5.32 Å². The fraction of sp³-hybridized carbons (Fsp3) is 0.545. The minimum Gasteiger partial charge on any atom is -0.364 e. The molecule has 0 aliphatic heterocycles. The van der Waals surface area contributed by atoms with Gasteiger partial charge in [0.1, 0.15) is 5.82 Å². The summed E-state index contributed by atoms with van der Waals surface area (Å²) in [5.41, 5.74) is 0.157. The molecule has 0 unspecified atom stereocenters. The predicted octanol–water partition coefficient (Wildman–Crippen LogP) is 2.66. The summed E-state index contributed by atoms with van der Waals surface area (Å²) in [6.07, 6.45) is -1.81. The van der Waals surface area contributed by atoms with Crippen LogP contribution in [0.1, 0.15) is 39.4 Å². The standard InChI is InChI=1S/C11H15F2N5/c1-4-11(2,3)14-7-5-6-8-15-16-10(9(12)13)18(8)17-7/h5-6,9H,4H2,1-3H3,(H,14,17). The van der Waals surface area contributed by atoms with Crippen LogP contribution in [0.15, 0.2) is 12.1 Å². The molecule has 0 radical (unpaired) electrons. The van der Waals surface area contributed by atoms with E-state index in [-0.39, 0.29) is 5.54 Å². The molecule has 0 fully saturated rings. The van der Waals surface area contributed by atoms with Crippen LogP contribution in [0.3, 0.4) is 0 Å². The van der Waals surface area contributed by atoms with Crippen molar-refractivity contribution in [1.82, 2.24) is 19.8 Å². The Morgan fingerprint density at radius 1 is 1.33 bits per heavy atom. The molecule has 0 amide bonds. The summed E-state index contributed by atoms with van der Waals surface area (Å²) >= 11 is 0. The van der Waals surface area contributed by atoms with Gasteiger partial charge in [-0.15, -0.1) is 15.3 Å². The zero-order chi connectivity index (χ0) is 13.3. The number of nitrogens with zero attached hydrogens (tertiary/aromatic N) is 4. The van der Waals surface area contributed by atoms with Gasteiger partial charge in [-0.1, -0.05) is 6.92 Å². The maximum absolute atomic E-state index is 12.7. The molecular weight excluding hydrogens is 240 g/mol. The Morgan fingerprint density at radius 2 is 2.06 bits per heavy atom. The third-order valence-corrected chi connectivity index (χ3v) is 2.83. The van der Waals surface area contributed by atoms with Gasteiger partial charge in [0.25, 0.3) is 6.43 Å². The molecule has 5 nitrogen and oxygen atoms in total. The first kappa shape index (κ1) is 12.7. The molecule has 0 aliphatic carbocycles. The van der Waals surface area contributed by atoms with E-state index >= 15 is 0 Å². The minimum absolute atomic E-state index is 0.153. The lowest BCUT2D eigenvalue weighted by atomic mass is 10.0. The first-order chi connectivity index (χ1) is 8.43. The average Bonchev–Trinajstić information content (AvgIpc) is 2.71. The van der Waals surface area contributed by atoms with Crippen LogP contribution in [0, 0.1) is 0 Å². The zero-order valence-corrected chi connectivity index (χ0v) is 10.5. The number of hydrogen-bond donors (Lipinski definition) is 1. The van der Waals surface area contributed by atoms with Gasteiger partial charge in [0.15, 0.2) is 5.65 Å². The van der Waals surface area contributed by atoms with Crippen molar-refractivity contribution < 1.29 is 8.78 Å². The number of anilines is 1. The van der Waals surface area contributed by atoms with Crippen molar-refractivity contribution >= 4 is 11.5 Å². The number of alkyl halides is 2. The van der Waals surface area contributed by atoms with Gasteiger partial charge in [-0.05, 0) is 32.4 Å². The van der Waals surface area contributed by atoms with Crippen LogP contribution in [0.25, 0.3) is 5.65 Å². The summed E-state index contributed by atoms with van der Waals surface area (Å²) < 4.78 is 26.4. The van der Waals surface area contributed by atoms with Gasteiger partial charge in [0.2, 0.25) is 5.82 Å². The molecule has 18 heavy (non-hydrogen) atoms. The SMILES string of the molecule is CCC(C)(C)Nc1ccc2nnc(C(F)F)n2n1. The lowest BCUT2D eigenvalue weighted by Gasteiger charge is -2.24. The second-order valence-electron chi connectivity index (χ2n) is 4.71. The smallest absolute Gasteiger partial charge is 0.299 e. The number of hydrogen-bond acceptors (Lipinski definition) is 4. The first-order valence-corrected chi connectivity index (χ1v) is 5.71. The molecule has 0 atom stereocenters. The number of aromatic nitrogens is 4. The molecule has 0 bridgehead atoms. The summed E-state index contributed by atoms with van der Waals surface area (Å²) in [5.74, 6) is 0.0824. The molecule has 2 aromatic rings. The highest BCUT2D eigenvalue weighted by molar-refractivity contribution is 5.45. The first-order valence-electron chi connectivity index (χ1n) is 5.71. The summed E-state index contributed by atoms with van der Waals surface area (Å²) in [4.78, 5) is 0. The molecule has 2 heterocycles. The monoisotopic (exact) mass is 255 g/mol. The van der Waals surface area contributed by atoms with Gasteiger partial charge in [0.05, 0.1) is 0 Å². The van der Waals surface area contributed by atoms with E-state index in [9.17, 15) is 8.78 Å². The van der Waals surface area contributed by atoms with Gasteiger partial charge in [-0.3, -0.25) is 0 Å². The third-order valence-electron chi connectivity index (χ3n) is 2.83. The number of fused-ring (bicyclic) bond motifs is 1. The molecule has 2 aromatic heterocycles. The van der Waals surface area contributed by atoms with Gasteiger partial charge in [-0.25, -0.2) is 8.78 Å². The van der Waals surface area contributed by atoms with E-state index < -0.39 is 12.2 Å². The highest BCUT2D eigenvalue weighted by Gasteiger charge is 2.19. The number of nitrogens with one attached hydrogen (secondary N) is 1. The van der Waals surface area contributed by atoms with E-state index in [1.54, 1.807) is 12.1 Å². The van der Waals surface area contributed by atoms with E-state index in [0.29, 0.717) is 11.5 Å². The fourth-order valence-corrected chi connectivity index (χ4v) is 1.44. The second kappa shape index (κ2) is 4.47. The van der Waals surface area contributed by atoms with Crippen LogP contribution in [0.2, 0.25) is 0 Å². The zero-order valence-electron chi connectivity index (χ0n) is 10.5. The molecule has 0 saturated heterocycles. The topological polar surface area (TPSA) is 55.1 Å². The molecule has 1 N–H and O–H groups in total. The van der Waals surface area contributed by atoms with Crippen molar-refractivity contribution in [2.24, 2.45) is 0 Å². The van der Waals surface area contributed by atoms with Crippen molar-refractivity contribution in [2.45, 2.75) is 39.2 Å². The maximum Gasteiger partial charge on any atom is 0.299 e. The molecule has 2 rings (SSSR count). The Morgan fingerprint density at radius 3 is 2.67 bits per heavy atom. The highest BCUT2D eigenvalue weighted by Crippen LogP contribution is 2.19. The number of rotatable bonds is 4. The van der Waals surface area contributed by atoms with Crippen LogP contribution in [0.5, 0.6) is 0 Å². The fourth-order valence-electron chi connectivity index (χ4n) is 1.44. The van der Waals surface area contributed by atoms with Crippen molar-refractivity contribution in [3.8, 4) is 0 Å². The van der Waals surface area contributed by atoms with Crippen LogP contribution < -0.4 is 5.32 Å². The third kappa shape index (κ3) is 2.39. The predicted molar refractivity (Wildman–Crippen MR) is 63.7 cm³/mol. The molecule has 0 spiro atoms. The summed E-state index contributed by atoms with van der Waals surface area (Å²) in [6, 6.07) is 3.32. The lowest BCUT2D eigenvalue weighted by Crippen LogP contribution is -2.30. The van der Waals surface area contributed by atoms with Crippen molar-refractivity contribution in [3.05, 3.63) is 18.0 Å². The Hall–Kier alpha value is -1.79. The largest absolute Gasteiger partial charge is 0.364 e. The Bertz CT molecular complexity index is 549. The summed E-state index contributed by atoms with van der Waals surface area (Å²) in [7, 11) is 0. The van der Waals surface area contributed by atoms with Gasteiger partial charge in [-0.2, -0.15) is 4.52 Å². The summed E-state index contributed by atoms with van der Waals surface area (Å²) in [6.45, 7) is 6.06. The molecule has 7 heteroatoms. The van der Waals surface area contributed by atoms with E-state index in [4.69, 9.17) is 0 Å². The quantitative estimate of drug-likeness (QED) is 0.912. The van der Waals surface area contributed by atoms with Crippen molar-refractivity contribution in [1.29, 1.82) is 0 Å². The summed E-state index contributed by atoms with van der Waals surface area (Å²) in [5, 5.41) is 14.3. The van der Waals surface area contributed by atoms with Crippen LogP contribution in [-0.4, -0.2) is 25.4 Å². The average molecular weight is 255 g/mol. The lowest BCUT2D eigenvalue weighted by molar-refractivity contribution is 0.137. The minimum atomic E-state index is -2.69. The molecule has 98 valence electrons. The Balaban J connectivity index is 2.39. The van der Waals surface area contributed by atoms with E-state index in [1.165, 1.54) is 0 Å². The molecule has 0 aromatic carbocycles. The highest BCUT2D eigenvalue weighted by atomic mass is 19.3. The van der Waals surface area contributed by atoms with E-state index in [1.807, 2.05) is 20.8 Å². The molecule has 0 aliphatic rings. The van der Waals surface area contributed by atoms with Crippen molar-refractivity contribution in [3.63, 3.8) is 0 Å².